The lowest BCUT2D eigenvalue weighted by atomic mass is 9.98. The third-order valence-electron chi connectivity index (χ3n) is 5.63. The van der Waals surface area contributed by atoms with Gasteiger partial charge in [-0.15, -0.1) is 0 Å². The number of rotatable bonds is 6. The smallest absolute Gasteiger partial charge is 0.225 e. The Hall–Kier alpha value is -2.04. The van der Waals surface area contributed by atoms with E-state index in [2.05, 4.69) is 25.2 Å². The second-order valence-electron chi connectivity index (χ2n) is 7.40. The first-order valence-corrected chi connectivity index (χ1v) is 9.93. The van der Waals surface area contributed by atoms with Crippen LogP contribution in [0, 0.1) is 5.92 Å². The molecule has 0 aromatic heterocycles. The number of carbonyl (C=O) groups excluding carboxylic acids is 2. The van der Waals surface area contributed by atoms with Crippen molar-refractivity contribution in [1.29, 1.82) is 0 Å². The van der Waals surface area contributed by atoms with Crippen LogP contribution in [0.2, 0.25) is 0 Å². The first kappa shape index (κ1) is 18.7. The number of fused-ring (bicyclic) bond motifs is 1. The Morgan fingerprint density at radius 3 is 2.65 bits per heavy atom. The fourth-order valence-corrected chi connectivity index (χ4v) is 3.95. The van der Waals surface area contributed by atoms with Gasteiger partial charge in [-0.2, -0.15) is 0 Å². The van der Waals surface area contributed by atoms with E-state index >= 15 is 0 Å². The zero-order valence-corrected chi connectivity index (χ0v) is 15.9. The number of likely N-dealkylation sites (tertiary alicyclic amines) is 1. The van der Waals surface area contributed by atoms with E-state index in [4.69, 9.17) is 4.74 Å². The van der Waals surface area contributed by atoms with Crippen LogP contribution in [0.3, 0.4) is 0 Å². The topological polar surface area (TPSA) is 58.6 Å². The highest BCUT2D eigenvalue weighted by Gasteiger charge is 2.27. The molecule has 0 aliphatic carbocycles. The summed E-state index contributed by atoms with van der Waals surface area (Å²) in [5.74, 6) is 1.43. The number of hydrogen-bond acceptors (Lipinski definition) is 3. The van der Waals surface area contributed by atoms with Gasteiger partial charge in [-0.25, -0.2) is 0 Å². The Morgan fingerprint density at radius 1 is 1.23 bits per heavy atom. The molecule has 1 aromatic carbocycles. The second kappa shape index (κ2) is 8.56. The molecule has 0 unspecified atom stereocenters. The first-order chi connectivity index (χ1) is 12.6. The molecule has 0 bridgehead atoms. The highest BCUT2D eigenvalue weighted by Crippen LogP contribution is 2.26. The van der Waals surface area contributed by atoms with Gasteiger partial charge in [0.2, 0.25) is 11.8 Å². The van der Waals surface area contributed by atoms with Gasteiger partial charge in [0.05, 0.1) is 13.0 Å². The Balaban J connectivity index is 1.45. The number of hydrogen-bond donors (Lipinski definition) is 1. The van der Waals surface area contributed by atoms with Gasteiger partial charge in [0.1, 0.15) is 5.75 Å². The number of amides is 2. The molecule has 1 saturated heterocycles. The molecule has 1 aromatic rings. The molecule has 0 saturated carbocycles. The molecule has 0 atom stereocenters. The number of benzene rings is 1. The van der Waals surface area contributed by atoms with Crippen LogP contribution in [0.4, 0.5) is 0 Å². The second-order valence-corrected chi connectivity index (χ2v) is 7.40. The first-order valence-electron chi connectivity index (χ1n) is 9.93. The van der Waals surface area contributed by atoms with Crippen molar-refractivity contribution >= 4 is 11.8 Å². The van der Waals surface area contributed by atoms with Gasteiger partial charge in [-0.3, -0.25) is 9.59 Å². The molecule has 0 radical (unpaired) electrons. The molecule has 3 rings (SSSR count). The van der Waals surface area contributed by atoms with Gasteiger partial charge in [-0.05, 0) is 42.9 Å². The van der Waals surface area contributed by atoms with E-state index in [9.17, 15) is 9.59 Å². The number of ether oxygens (including phenoxy) is 1. The summed E-state index contributed by atoms with van der Waals surface area (Å²) in [5, 5.41) is 3.14. The van der Waals surface area contributed by atoms with Crippen LogP contribution in [0.15, 0.2) is 18.2 Å². The van der Waals surface area contributed by atoms with Crippen LogP contribution in [0.1, 0.15) is 50.7 Å². The van der Waals surface area contributed by atoms with E-state index in [-0.39, 0.29) is 23.8 Å². The van der Waals surface area contributed by atoms with E-state index in [1.165, 1.54) is 5.56 Å². The van der Waals surface area contributed by atoms with Crippen molar-refractivity contribution in [2.24, 2.45) is 5.92 Å². The van der Waals surface area contributed by atoms with Crippen molar-refractivity contribution in [2.75, 3.05) is 19.7 Å². The zero-order valence-electron chi connectivity index (χ0n) is 15.9. The lowest BCUT2D eigenvalue weighted by molar-refractivity contribution is -0.137. The molecule has 2 amide bonds. The van der Waals surface area contributed by atoms with Crippen molar-refractivity contribution in [3.05, 3.63) is 29.3 Å². The molecule has 5 heteroatoms. The average Bonchev–Trinajstić information content (AvgIpc) is 3.11. The van der Waals surface area contributed by atoms with Gasteiger partial charge in [0.25, 0.3) is 0 Å². The van der Waals surface area contributed by atoms with Crippen LogP contribution < -0.4 is 10.1 Å². The summed E-state index contributed by atoms with van der Waals surface area (Å²) in [6, 6.07) is 6.19. The van der Waals surface area contributed by atoms with Crippen LogP contribution in [0.5, 0.6) is 5.75 Å². The Bertz CT molecular complexity index is 647. The van der Waals surface area contributed by atoms with Crippen LogP contribution in [0.25, 0.3) is 0 Å². The normalized spacial score (nSPS) is 17.1. The maximum absolute atomic E-state index is 12.5. The number of nitrogens with one attached hydrogen (secondary N) is 1. The molecule has 2 heterocycles. The van der Waals surface area contributed by atoms with Crippen molar-refractivity contribution in [2.45, 2.75) is 58.4 Å². The molecule has 26 heavy (non-hydrogen) atoms. The summed E-state index contributed by atoms with van der Waals surface area (Å²) in [5.41, 5.74) is 2.23. The van der Waals surface area contributed by atoms with Gasteiger partial charge in [-0.1, -0.05) is 26.0 Å². The fourth-order valence-electron chi connectivity index (χ4n) is 3.95. The van der Waals surface area contributed by atoms with Crippen LogP contribution >= 0.6 is 0 Å². The van der Waals surface area contributed by atoms with Crippen molar-refractivity contribution in [1.82, 2.24) is 10.2 Å². The maximum atomic E-state index is 12.5. The molecular formula is C21H30N2O3. The predicted molar refractivity (Wildman–Crippen MR) is 101 cm³/mol. The van der Waals surface area contributed by atoms with Gasteiger partial charge >= 0.3 is 0 Å². The summed E-state index contributed by atoms with van der Waals surface area (Å²) >= 11 is 0. The minimum absolute atomic E-state index is 0.0636. The zero-order chi connectivity index (χ0) is 18.5. The van der Waals surface area contributed by atoms with E-state index in [0.717, 1.165) is 63.1 Å². The van der Waals surface area contributed by atoms with E-state index in [0.29, 0.717) is 6.42 Å². The Kier molecular flexibility index (Phi) is 6.17. The highest BCUT2D eigenvalue weighted by molar-refractivity contribution is 5.80. The maximum Gasteiger partial charge on any atom is 0.225 e. The van der Waals surface area contributed by atoms with Crippen molar-refractivity contribution in [3.63, 3.8) is 0 Å². The summed E-state index contributed by atoms with van der Waals surface area (Å²) in [6.45, 7) is 6.38. The number of nitrogens with zero attached hydrogens (tertiary/aromatic N) is 1. The van der Waals surface area contributed by atoms with E-state index < -0.39 is 0 Å². The number of carbonyl (C=O) groups is 2. The van der Waals surface area contributed by atoms with Crippen molar-refractivity contribution in [3.8, 4) is 5.75 Å². The monoisotopic (exact) mass is 358 g/mol. The van der Waals surface area contributed by atoms with Crippen LogP contribution in [-0.2, 0) is 22.4 Å². The molecule has 2 aliphatic heterocycles. The van der Waals surface area contributed by atoms with Gasteiger partial charge < -0.3 is 15.0 Å². The minimum atomic E-state index is 0.0636. The minimum Gasteiger partial charge on any atom is -0.493 e. The van der Waals surface area contributed by atoms with Gasteiger partial charge in [0.15, 0.2) is 0 Å². The molecule has 1 fully saturated rings. The van der Waals surface area contributed by atoms with E-state index in [1.807, 2.05) is 17.0 Å². The average molecular weight is 358 g/mol. The summed E-state index contributed by atoms with van der Waals surface area (Å²) in [6.07, 6.45) is 4.81. The molecule has 2 aliphatic rings. The largest absolute Gasteiger partial charge is 0.493 e. The molecule has 1 N–H and O–H groups in total. The summed E-state index contributed by atoms with van der Waals surface area (Å²) < 4.78 is 5.51. The molecule has 0 spiro atoms. The van der Waals surface area contributed by atoms with Gasteiger partial charge in [0, 0.05) is 31.5 Å². The third kappa shape index (κ3) is 4.37. The SMILES string of the molecule is CCC(CC)C(=O)N1CCC(NC(=O)Cc2ccc3c(c2)CCO3)CC1. The van der Waals surface area contributed by atoms with Crippen molar-refractivity contribution < 1.29 is 14.3 Å². The third-order valence-corrected chi connectivity index (χ3v) is 5.63. The molecule has 5 nitrogen and oxygen atoms in total. The standard InChI is InChI=1S/C21H30N2O3/c1-3-16(4-2)21(25)23-10-7-18(8-11-23)22-20(24)14-15-5-6-19-17(13-15)9-12-26-19/h5-6,13,16,18H,3-4,7-12,14H2,1-2H3,(H,22,24). The summed E-state index contributed by atoms with van der Waals surface area (Å²) in [7, 11) is 0. The highest BCUT2D eigenvalue weighted by atomic mass is 16.5. The van der Waals surface area contributed by atoms with Crippen LogP contribution in [-0.4, -0.2) is 42.5 Å². The predicted octanol–water partition coefficient (Wildman–Crippen LogP) is 2.71. The Morgan fingerprint density at radius 2 is 1.96 bits per heavy atom. The lowest BCUT2D eigenvalue weighted by Crippen LogP contribution is -2.48. The number of piperidine rings is 1. The Labute approximate surface area is 156 Å². The molecule has 142 valence electrons. The fraction of sp³-hybridized carbons (Fsp3) is 0.619. The van der Waals surface area contributed by atoms with E-state index in [1.54, 1.807) is 0 Å². The summed E-state index contributed by atoms with van der Waals surface area (Å²) in [4.78, 5) is 26.8. The lowest BCUT2D eigenvalue weighted by Gasteiger charge is -2.34. The molecular weight excluding hydrogens is 328 g/mol. The quantitative estimate of drug-likeness (QED) is 0.851.